The van der Waals surface area contributed by atoms with Crippen LogP contribution in [-0.4, -0.2) is 25.8 Å². The van der Waals surface area contributed by atoms with E-state index in [1.165, 1.54) is 12.1 Å². The fourth-order valence-corrected chi connectivity index (χ4v) is 2.50. The highest BCUT2D eigenvalue weighted by atomic mass is 32.2. The molecular weight excluding hydrogens is 306 g/mol. The van der Waals surface area contributed by atoms with Gasteiger partial charge >= 0.3 is 6.09 Å². The fraction of sp³-hybridized carbons (Fsp3) is 0.533. The lowest BCUT2D eigenvalue weighted by molar-refractivity contribution is -0.272. The number of sulfone groups is 1. The maximum atomic E-state index is 11.7. The van der Waals surface area contributed by atoms with E-state index in [-0.39, 0.29) is 10.6 Å². The number of amides is 1. The van der Waals surface area contributed by atoms with Gasteiger partial charge in [-0.2, -0.15) is 4.89 Å². The first-order chi connectivity index (χ1) is 10.0. The van der Waals surface area contributed by atoms with Gasteiger partial charge in [0.15, 0.2) is 9.84 Å². The first-order valence-corrected chi connectivity index (χ1v) is 8.68. The minimum atomic E-state index is -3.22. The summed E-state index contributed by atoms with van der Waals surface area (Å²) in [5.74, 6) is 0.0501. The fourth-order valence-electron chi connectivity index (χ4n) is 1.61. The number of nitrogens with one attached hydrogen (secondary N) is 1. The van der Waals surface area contributed by atoms with Crippen molar-refractivity contribution in [2.75, 3.05) is 5.75 Å². The Hall–Kier alpha value is -1.60. The number of carbonyl (C=O) groups is 1. The molecule has 1 amide bonds. The Kier molecular flexibility index (Phi) is 5.96. The molecule has 0 fully saturated rings. The smallest absolute Gasteiger partial charge is 0.315 e. The molecule has 124 valence electrons. The summed E-state index contributed by atoms with van der Waals surface area (Å²) >= 11 is 0. The molecule has 7 heteroatoms. The van der Waals surface area contributed by atoms with E-state index < -0.39 is 27.6 Å². The molecule has 6 nitrogen and oxygen atoms in total. The highest BCUT2D eigenvalue weighted by Crippen LogP contribution is 2.20. The highest BCUT2D eigenvalue weighted by molar-refractivity contribution is 7.91. The highest BCUT2D eigenvalue weighted by Gasteiger charge is 2.18. The van der Waals surface area contributed by atoms with Crippen molar-refractivity contribution in [2.24, 2.45) is 0 Å². The van der Waals surface area contributed by atoms with E-state index in [4.69, 9.17) is 4.89 Å². The maximum absolute atomic E-state index is 11.7. The first kappa shape index (κ1) is 18.4. The second kappa shape index (κ2) is 7.11. The summed E-state index contributed by atoms with van der Waals surface area (Å²) in [5, 5.41) is 2.60. The maximum Gasteiger partial charge on any atom is 0.439 e. The Morgan fingerprint density at radius 2 is 1.77 bits per heavy atom. The monoisotopic (exact) mass is 329 g/mol. The first-order valence-electron chi connectivity index (χ1n) is 7.03. The lowest BCUT2D eigenvalue weighted by Gasteiger charge is -2.20. The number of hydrogen-bond donors (Lipinski definition) is 1. The minimum absolute atomic E-state index is 0.0501. The molecule has 0 aliphatic heterocycles. The van der Waals surface area contributed by atoms with Gasteiger partial charge in [0.25, 0.3) is 0 Å². The van der Waals surface area contributed by atoms with Crippen LogP contribution < -0.4 is 5.32 Å². The van der Waals surface area contributed by atoms with E-state index in [2.05, 4.69) is 10.2 Å². The van der Waals surface area contributed by atoms with Crippen LogP contribution in [0, 0.1) is 0 Å². The number of benzene rings is 1. The van der Waals surface area contributed by atoms with Crippen molar-refractivity contribution < 1.29 is 23.0 Å². The van der Waals surface area contributed by atoms with Gasteiger partial charge in [0, 0.05) is 5.54 Å². The number of carbonyl (C=O) groups excluding carboxylic acids is 1. The molecule has 22 heavy (non-hydrogen) atoms. The molecule has 1 N–H and O–H groups in total. The molecular formula is C15H23NO5S. The Labute approximate surface area is 131 Å². The van der Waals surface area contributed by atoms with Gasteiger partial charge in [-0.25, -0.2) is 13.2 Å². The zero-order chi connectivity index (χ0) is 17.0. The molecule has 1 rings (SSSR count). The van der Waals surface area contributed by atoms with Crippen molar-refractivity contribution in [3.8, 4) is 0 Å². The summed E-state index contributed by atoms with van der Waals surface area (Å²) in [6.07, 6.45) is -1.19. The zero-order valence-electron chi connectivity index (χ0n) is 13.5. The van der Waals surface area contributed by atoms with Crippen molar-refractivity contribution in [3.05, 3.63) is 29.8 Å². The third-order valence-corrected chi connectivity index (χ3v) is 4.58. The number of rotatable bonds is 5. The molecule has 0 aliphatic rings. The van der Waals surface area contributed by atoms with E-state index in [1.54, 1.807) is 26.0 Å². The summed E-state index contributed by atoms with van der Waals surface area (Å²) in [4.78, 5) is 21.5. The van der Waals surface area contributed by atoms with Crippen LogP contribution in [0.5, 0.6) is 0 Å². The largest absolute Gasteiger partial charge is 0.439 e. The summed E-state index contributed by atoms with van der Waals surface area (Å²) in [7, 11) is -3.22. The number of hydrogen-bond acceptors (Lipinski definition) is 5. The third-order valence-electron chi connectivity index (χ3n) is 2.83. The van der Waals surface area contributed by atoms with Crippen molar-refractivity contribution in [2.45, 2.75) is 51.2 Å². The summed E-state index contributed by atoms with van der Waals surface area (Å²) < 4.78 is 23.4. The van der Waals surface area contributed by atoms with Gasteiger partial charge in [-0.3, -0.25) is 4.89 Å². The molecule has 0 aliphatic carbocycles. The molecule has 0 bridgehead atoms. The molecule has 1 aromatic rings. The van der Waals surface area contributed by atoms with E-state index >= 15 is 0 Å². The molecule has 0 saturated carbocycles. The Balaban J connectivity index is 2.64. The lowest BCUT2D eigenvalue weighted by atomic mass is 10.1. The summed E-state index contributed by atoms with van der Waals surface area (Å²) in [6, 6.07) is 6.31. The Morgan fingerprint density at radius 3 is 2.23 bits per heavy atom. The van der Waals surface area contributed by atoms with Gasteiger partial charge in [0.1, 0.15) is 6.10 Å². The van der Waals surface area contributed by atoms with Crippen LogP contribution in [0.3, 0.4) is 0 Å². The molecule has 0 saturated heterocycles. The van der Waals surface area contributed by atoms with Crippen LogP contribution in [0.1, 0.15) is 46.3 Å². The Morgan fingerprint density at radius 1 is 1.23 bits per heavy atom. The Bertz CT molecular complexity index is 602. The molecule has 0 aromatic heterocycles. The van der Waals surface area contributed by atoms with Gasteiger partial charge < -0.3 is 5.32 Å². The van der Waals surface area contributed by atoms with Crippen LogP contribution in [0.25, 0.3) is 0 Å². The lowest BCUT2D eigenvalue weighted by Crippen LogP contribution is -2.41. The van der Waals surface area contributed by atoms with Crippen LogP contribution in [0.2, 0.25) is 0 Å². The predicted octanol–water partition coefficient (Wildman–Crippen LogP) is 3.00. The van der Waals surface area contributed by atoms with Gasteiger partial charge in [-0.15, -0.1) is 0 Å². The van der Waals surface area contributed by atoms with Crippen LogP contribution in [0.4, 0.5) is 4.79 Å². The molecule has 0 heterocycles. The standard InChI is InChI=1S/C15H23NO5S/c1-6-22(18,19)13-9-7-12(8-10-13)11(2)20-21-14(17)16-15(3,4)5/h7-11H,6H2,1-5H3,(H,16,17). The van der Waals surface area contributed by atoms with Gasteiger partial charge in [-0.1, -0.05) is 19.1 Å². The van der Waals surface area contributed by atoms with E-state index in [9.17, 15) is 13.2 Å². The average molecular weight is 329 g/mol. The van der Waals surface area contributed by atoms with Gasteiger partial charge in [0.2, 0.25) is 0 Å². The van der Waals surface area contributed by atoms with Crippen molar-refractivity contribution in [1.82, 2.24) is 5.32 Å². The van der Waals surface area contributed by atoms with E-state index in [0.29, 0.717) is 5.56 Å². The predicted molar refractivity (Wildman–Crippen MR) is 83.0 cm³/mol. The van der Waals surface area contributed by atoms with E-state index in [1.807, 2.05) is 20.8 Å². The quantitative estimate of drug-likeness (QED) is 0.663. The van der Waals surface area contributed by atoms with Crippen molar-refractivity contribution in [3.63, 3.8) is 0 Å². The van der Waals surface area contributed by atoms with Crippen molar-refractivity contribution in [1.29, 1.82) is 0 Å². The molecule has 0 radical (unpaired) electrons. The molecule has 1 unspecified atom stereocenters. The van der Waals surface area contributed by atoms with Gasteiger partial charge in [0.05, 0.1) is 10.6 Å². The zero-order valence-corrected chi connectivity index (χ0v) is 14.4. The van der Waals surface area contributed by atoms with Crippen molar-refractivity contribution >= 4 is 15.9 Å². The second-order valence-electron chi connectivity index (χ2n) is 5.96. The van der Waals surface area contributed by atoms with Gasteiger partial charge in [-0.05, 0) is 45.4 Å². The van der Waals surface area contributed by atoms with Crippen LogP contribution in [-0.2, 0) is 19.6 Å². The minimum Gasteiger partial charge on any atom is -0.315 e. The van der Waals surface area contributed by atoms with Crippen LogP contribution >= 0.6 is 0 Å². The molecule has 1 aromatic carbocycles. The topological polar surface area (TPSA) is 81.7 Å². The molecule has 1 atom stereocenters. The summed E-state index contributed by atoms with van der Waals surface area (Å²) in [6.45, 7) is 8.77. The normalized spacial score (nSPS) is 13.5. The SMILES string of the molecule is CCS(=O)(=O)c1ccc(C(C)OOC(=O)NC(C)(C)C)cc1. The van der Waals surface area contributed by atoms with E-state index in [0.717, 1.165) is 0 Å². The summed E-state index contributed by atoms with van der Waals surface area (Å²) in [5.41, 5.74) is 0.290. The third kappa shape index (κ3) is 5.65. The molecule has 0 spiro atoms. The average Bonchev–Trinajstić information content (AvgIpc) is 2.43. The second-order valence-corrected chi connectivity index (χ2v) is 8.23. The van der Waals surface area contributed by atoms with Crippen LogP contribution in [0.15, 0.2) is 29.2 Å².